The van der Waals surface area contributed by atoms with Gasteiger partial charge in [-0.05, 0) is 6.92 Å². The molecule has 3 aliphatic rings. The number of aliphatic hydroxyl groups is 1. The Morgan fingerprint density at radius 2 is 2.16 bits per heavy atom. The molecule has 7 nitrogen and oxygen atoms in total. The highest BCUT2D eigenvalue weighted by Crippen LogP contribution is 2.50. The predicted octanol–water partition coefficient (Wildman–Crippen LogP) is 0.349. The van der Waals surface area contributed by atoms with Crippen LogP contribution in [-0.4, -0.2) is 89.3 Å². The van der Waals surface area contributed by atoms with Crippen molar-refractivity contribution in [1.29, 1.82) is 0 Å². The van der Waals surface area contributed by atoms with Gasteiger partial charge in [0.05, 0.1) is 38.8 Å². The van der Waals surface area contributed by atoms with Crippen molar-refractivity contribution in [1.82, 2.24) is 4.90 Å². The molecular weight excluding hydrogens is 344 g/mol. The van der Waals surface area contributed by atoms with Crippen molar-refractivity contribution in [2.24, 2.45) is 11.8 Å². The highest BCUT2D eigenvalue weighted by molar-refractivity contribution is 8.03. The summed E-state index contributed by atoms with van der Waals surface area (Å²) < 4.78 is 6.72. The summed E-state index contributed by atoms with van der Waals surface area (Å²) in [5, 5.41) is 19.5. The minimum atomic E-state index is -1.07. The van der Waals surface area contributed by atoms with Crippen LogP contribution in [0.15, 0.2) is 10.6 Å². The summed E-state index contributed by atoms with van der Waals surface area (Å²) in [5.74, 6) is -1.28. The van der Waals surface area contributed by atoms with Gasteiger partial charge in [0, 0.05) is 16.6 Å². The van der Waals surface area contributed by atoms with Crippen LogP contribution in [0.5, 0.6) is 0 Å². The second-order valence-electron chi connectivity index (χ2n) is 7.92. The minimum Gasteiger partial charge on any atom is -0.477 e. The summed E-state index contributed by atoms with van der Waals surface area (Å²) in [6, 6.07) is -0.249. The number of hydrogen-bond donors (Lipinski definition) is 2. The number of nitrogens with zero attached hydrogens (tertiary/aromatic N) is 2. The van der Waals surface area contributed by atoms with E-state index in [4.69, 9.17) is 4.74 Å². The molecule has 140 valence electrons. The molecule has 3 rings (SSSR count). The Hall–Kier alpha value is -1.09. The molecule has 1 unspecified atom stereocenters. The molecule has 3 heterocycles. The number of carbonyl (C=O) groups excluding carboxylic acids is 1. The average Bonchev–Trinajstić information content (AvgIpc) is 2.73. The third kappa shape index (κ3) is 3.20. The second-order valence-corrected chi connectivity index (χ2v) is 8.98. The van der Waals surface area contributed by atoms with Gasteiger partial charge in [0.1, 0.15) is 24.9 Å². The maximum absolute atomic E-state index is 12.3. The molecule has 0 aromatic carbocycles. The number of aliphatic carboxylic acids is 1. The number of likely N-dealkylation sites (N-methyl/N-ethyl adjacent to an activating group) is 1. The zero-order valence-corrected chi connectivity index (χ0v) is 16.0. The van der Waals surface area contributed by atoms with E-state index >= 15 is 0 Å². The number of carboxylic acids is 1. The number of fused-ring (bicyclic) bond motifs is 1. The van der Waals surface area contributed by atoms with Crippen molar-refractivity contribution in [3.63, 3.8) is 0 Å². The SMILES string of the molecule is C[C@@H](O)[C@H]1C(=O)N2C(C(=O)O)=C(SCC3C[N+](C)(C)CCO3)[C@H](C)[C@H]12. The Morgan fingerprint density at radius 3 is 2.72 bits per heavy atom. The van der Waals surface area contributed by atoms with E-state index in [-0.39, 0.29) is 29.7 Å². The highest BCUT2D eigenvalue weighted by Gasteiger charge is 2.60. The quantitative estimate of drug-likeness (QED) is 0.536. The second kappa shape index (κ2) is 6.57. The Balaban J connectivity index is 1.75. The number of β-lactam (4-membered cyclic amide) rings is 1. The fourth-order valence-corrected chi connectivity index (χ4v) is 5.45. The zero-order valence-electron chi connectivity index (χ0n) is 15.1. The molecule has 3 aliphatic heterocycles. The fourth-order valence-electron chi connectivity index (χ4n) is 4.16. The van der Waals surface area contributed by atoms with Crippen LogP contribution in [0.3, 0.4) is 0 Å². The molecule has 8 heteroatoms. The lowest BCUT2D eigenvalue weighted by atomic mass is 9.79. The molecule has 0 aromatic rings. The van der Waals surface area contributed by atoms with Crippen molar-refractivity contribution < 1.29 is 29.0 Å². The van der Waals surface area contributed by atoms with Gasteiger partial charge in [-0.3, -0.25) is 4.79 Å². The summed E-state index contributed by atoms with van der Waals surface area (Å²) in [7, 11) is 4.33. The van der Waals surface area contributed by atoms with Crippen LogP contribution < -0.4 is 0 Å². The van der Waals surface area contributed by atoms with E-state index in [1.165, 1.54) is 16.7 Å². The fraction of sp³-hybridized carbons (Fsp3) is 0.765. The maximum Gasteiger partial charge on any atom is 0.353 e. The van der Waals surface area contributed by atoms with Crippen molar-refractivity contribution >= 4 is 23.6 Å². The molecule has 0 spiro atoms. The van der Waals surface area contributed by atoms with Crippen molar-refractivity contribution in [3.8, 4) is 0 Å². The van der Waals surface area contributed by atoms with E-state index in [0.717, 1.165) is 22.5 Å². The van der Waals surface area contributed by atoms with Crippen LogP contribution in [0.25, 0.3) is 0 Å². The number of rotatable bonds is 5. The van der Waals surface area contributed by atoms with E-state index in [0.29, 0.717) is 12.4 Å². The molecule has 5 atom stereocenters. The number of quaternary nitrogens is 1. The molecule has 0 bridgehead atoms. The van der Waals surface area contributed by atoms with Gasteiger partial charge in [-0.25, -0.2) is 4.79 Å². The highest BCUT2D eigenvalue weighted by atomic mass is 32.2. The van der Waals surface area contributed by atoms with Crippen molar-refractivity contribution in [3.05, 3.63) is 10.6 Å². The molecule has 2 N–H and O–H groups in total. The molecule has 0 aromatic heterocycles. The lowest BCUT2D eigenvalue weighted by Gasteiger charge is -2.46. The lowest BCUT2D eigenvalue weighted by molar-refractivity contribution is -0.901. The first kappa shape index (κ1) is 18.7. The molecule has 2 fully saturated rings. The van der Waals surface area contributed by atoms with Crippen LogP contribution in [-0.2, 0) is 14.3 Å². The number of aliphatic hydroxyl groups excluding tert-OH is 1. The Bertz CT molecular complexity index is 618. The third-order valence-electron chi connectivity index (χ3n) is 5.48. The molecule has 25 heavy (non-hydrogen) atoms. The monoisotopic (exact) mass is 371 g/mol. The van der Waals surface area contributed by atoms with E-state index < -0.39 is 18.0 Å². The number of carbonyl (C=O) groups is 2. The Labute approximate surface area is 152 Å². The van der Waals surface area contributed by atoms with E-state index in [9.17, 15) is 19.8 Å². The number of amides is 1. The average molecular weight is 371 g/mol. The standard InChI is InChI=1S/C17H26N2O5S/c1-9-13-12(10(2)20)16(21)18(13)14(17(22)23)15(9)25-8-11-7-19(3,4)5-6-24-11/h9-13,20H,5-8H2,1-4H3/p+1/t9-,10-,11?,12-,13-/m1/s1. The van der Waals surface area contributed by atoms with Crippen LogP contribution in [0.2, 0.25) is 0 Å². The van der Waals surface area contributed by atoms with Crippen LogP contribution in [0.1, 0.15) is 13.8 Å². The van der Waals surface area contributed by atoms with Gasteiger partial charge in [0.2, 0.25) is 5.91 Å². The number of morpholine rings is 1. The third-order valence-corrected chi connectivity index (χ3v) is 6.90. The van der Waals surface area contributed by atoms with E-state index in [1.54, 1.807) is 6.92 Å². The molecule has 0 radical (unpaired) electrons. The molecule has 2 saturated heterocycles. The number of ether oxygens (including phenoxy) is 1. The summed E-state index contributed by atoms with van der Waals surface area (Å²) in [6.45, 7) is 6.10. The molecule has 1 amide bonds. The lowest BCUT2D eigenvalue weighted by Crippen LogP contribution is -2.63. The summed E-state index contributed by atoms with van der Waals surface area (Å²) >= 11 is 1.49. The summed E-state index contributed by atoms with van der Waals surface area (Å²) in [6.07, 6.45) is -0.699. The van der Waals surface area contributed by atoms with Gasteiger partial charge in [0.25, 0.3) is 0 Å². The van der Waals surface area contributed by atoms with Crippen LogP contribution >= 0.6 is 11.8 Å². The molecular formula is C17H27N2O5S+. The first-order valence-corrected chi connectivity index (χ1v) is 9.67. The first-order chi connectivity index (χ1) is 11.6. The number of carboxylic acid groups (broad SMARTS) is 1. The van der Waals surface area contributed by atoms with Gasteiger partial charge in [-0.15, -0.1) is 11.8 Å². The van der Waals surface area contributed by atoms with E-state index in [1.807, 2.05) is 6.92 Å². The largest absolute Gasteiger partial charge is 0.477 e. The Morgan fingerprint density at radius 1 is 1.48 bits per heavy atom. The zero-order chi connectivity index (χ0) is 18.5. The molecule has 0 saturated carbocycles. The minimum absolute atomic E-state index is 0.0695. The van der Waals surface area contributed by atoms with Crippen molar-refractivity contribution in [2.75, 3.05) is 39.5 Å². The normalized spacial score (nSPS) is 35.4. The van der Waals surface area contributed by atoms with Crippen molar-refractivity contribution in [2.45, 2.75) is 32.1 Å². The topological polar surface area (TPSA) is 87.1 Å². The van der Waals surface area contributed by atoms with E-state index in [2.05, 4.69) is 14.1 Å². The predicted molar refractivity (Wildman–Crippen MR) is 93.7 cm³/mol. The Kier molecular flexibility index (Phi) is 4.91. The number of thioether (sulfide) groups is 1. The first-order valence-electron chi connectivity index (χ1n) is 8.69. The summed E-state index contributed by atoms with van der Waals surface area (Å²) in [4.78, 5) is 26.2. The van der Waals surface area contributed by atoms with Crippen LogP contribution in [0, 0.1) is 11.8 Å². The smallest absolute Gasteiger partial charge is 0.353 e. The molecule has 0 aliphatic carbocycles. The maximum atomic E-state index is 12.3. The summed E-state index contributed by atoms with van der Waals surface area (Å²) in [5.41, 5.74) is 0.0916. The van der Waals surface area contributed by atoms with Gasteiger partial charge >= 0.3 is 5.97 Å². The van der Waals surface area contributed by atoms with Gasteiger partial charge in [-0.1, -0.05) is 6.92 Å². The number of hydrogen-bond acceptors (Lipinski definition) is 5. The van der Waals surface area contributed by atoms with Gasteiger partial charge in [-0.2, -0.15) is 0 Å². The van der Waals surface area contributed by atoms with Crippen LogP contribution in [0.4, 0.5) is 0 Å². The van der Waals surface area contributed by atoms with Gasteiger partial charge in [0.15, 0.2) is 0 Å². The van der Waals surface area contributed by atoms with Gasteiger partial charge < -0.3 is 24.3 Å².